The van der Waals surface area contributed by atoms with Crippen molar-refractivity contribution in [3.63, 3.8) is 0 Å². The number of nitrogens with one attached hydrogen (secondary N) is 1. The van der Waals surface area contributed by atoms with E-state index in [1.807, 2.05) is 0 Å². The molecular weight excluding hydrogens is 146 g/mol. The Morgan fingerprint density at radius 2 is 1.91 bits per heavy atom. The van der Waals surface area contributed by atoms with Gasteiger partial charge in [-0.05, 0) is 7.05 Å². The second kappa shape index (κ2) is 5.94. The average molecular weight is 161 g/mol. The lowest BCUT2D eigenvalue weighted by Gasteiger charge is -2.21. The Hall–Kier alpha value is -0.810. The normalized spacial score (nSPS) is 18.3. The molecule has 5 heteroatoms. The summed E-state index contributed by atoms with van der Waals surface area (Å²) in [5.41, 5.74) is 4.03. The van der Waals surface area contributed by atoms with Crippen molar-refractivity contribution < 1.29 is 9.90 Å². The molecule has 5 nitrogen and oxygen atoms in total. The molecule has 0 spiro atoms. The zero-order valence-corrected chi connectivity index (χ0v) is 6.71. The van der Waals surface area contributed by atoms with Gasteiger partial charge in [-0.15, -0.1) is 0 Å². The Balaban J connectivity index is 0.000000218. The Bertz CT molecular complexity index is 108. The third-order valence-corrected chi connectivity index (χ3v) is 1.34. The minimum absolute atomic E-state index is 1.16. The predicted octanol–water partition coefficient (Wildman–Crippen LogP) is -0.855. The maximum Gasteiger partial charge on any atom is 0.402 e. The summed E-state index contributed by atoms with van der Waals surface area (Å²) < 4.78 is 0. The highest BCUT2D eigenvalue weighted by molar-refractivity contribution is 5.61. The Morgan fingerprint density at radius 1 is 1.55 bits per heavy atom. The second-order valence-corrected chi connectivity index (χ2v) is 2.39. The van der Waals surface area contributed by atoms with Crippen LogP contribution in [0.3, 0.4) is 0 Å². The largest absolute Gasteiger partial charge is 0.465 e. The van der Waals surface area contributed by atoms with E-state index in [1.54, 1.807) is 0 Å². The highest BCUT2D eigenvalue weighted by atomic mass is 16.4. The van der Waals surface area contributed by atoms with Crippen LogP contribution >= 0.6 is 0 Å². The summed E-state index contributed by atoms with van der Waals surface area (Å²) in [7, 11) is 2.15. The number of hydrogen-bond donors (Lipinski definition) is 3. The SMILES string of the molecule is CN1CCNCC1.NC(=O)O. The molecule has 0 aromatic rings. The van der Waals surface area contributed by atoms with E-state index in [0.29, 0.717) is 0 Å². The van der Waals surface area contributed by atoms with Gasteiger partial charge in [-0.3, -0.25) is 0 Å². The highest BCUT2D eigenvalue weighted by Gasteiger charge is 2.01. The number of piperazine rings is 1. The molecule has 0 saturated carbocycles. The van der Waals surface area contributed by atoms with Gasteiger partial charge in [-0.2, -0.15) is 0 Å². The molecule has 1 rings (SSSR count). The zero-order valence-electron chi connectivity index (χ0n) is 6.71. The van der Waals surface area contributed by atoms with Crippen LogP contribution in [0.1, 0.15) is 0 Å². The molecule has 1 fully saturated rings. The van der Waals surface area contributed by atoms with Crippen LogP contribution in [0.15, 0.2) is 0 Å². The van der Waals surface area contributed by atoms with Crippen molar-refractivity contribution in [2.45, 2.75) is 0 Å². The van der Waals surface area contributed by atoms with E-state index >= 15 is 0 Å². The number of carbonyl (C=O) groups is 1. The summed E-state index contributed by atoms with van der Waals surface area (Å²) in [4.78, 5) is 11.1. The van der Waals surface area contributed by atoms with Gasteiger partial charge in [0.1, 0.15) is 0 Å². The first-order chi connectivity index (χ1) is 5.13. The first-order valence-electron chi connectivity index (χ1n) is 3.50. The van der Waals surface area contributed by atoms with E-state index in [-0.39, 0.29) is 0 Å². The van der Waals surface area contributed by atoms with Crippen molar-refractivity contribution in [3.8, 4) is 0 Å². The first-order valence-corrected chi connectivity index (χ1v) is 3.50. The van der Waals surface area contributed by atoms with Gasteiger partial charge < -0.3 is 21.1 Å². The number of amides is 1. The molecule has 1 heterocycles. The molecule has 0 aliphatic carbocycles. The molecule has 4 N–H and O–H groups in total. The number of primary amides is 1. The molecule has 1 amide bonds. The second-order valence-electron chi connectivity index (χ2n) is 2.39. The number of nitrogens with two attached hydrogens (primary N) is 1. The molecule has 66 valence electrons. The van der Waals surface area contributed by atoms with Crippen molar-refractivity contribution in [3.05, 3.63) is 0 Å². The summed E-state index contributed by atoms with van der Waals surface area (Å²) in [5, 5.41) is 10.5. The molecule has 1 aliphatic rings. The molecule has 11 heavy (non-hydrogen) atoms. The van der Waals surface area contributed by atoms with E-state index < -0.39 is 6.09 Å². The maximum atomic E-state index is 8.78. The van der Waals surface area contributed by atoms with Gasteiger partial charge in [-0.1, -0.05) is 0 Å². The number of likely N-dealkylation sites (N-methyl/N-ethyl adjacent to an activating group) is 1. The van der Waals surface area contributed by atoms with E-state index in [1.165, 1.54) is 13.1 Å². The van der Waals surface area contributed by atoms with E-state index in [0.717, 1.165) is 13.1 Å². The Kier molecular flexibility index (Phi) is 5.50. The highest BCUT2D eigenvalue weighted by Crippen LogP contribution is 1.82. The van der Waals surface area contributed by atoms with Crippen LogP contribution in [-0.2, 0) is 0 Å². The van der Waals surface area contributed by atoms with Gasteiger partial charge in [0, 0.05) is 26.2 Å². The van der Waals surface area contributed by atoms with Crippen molar-refractivity contribution in [1.29, 1.82) is 0 Å². The molecule has 1 saturated heterocycles. The molecule has 0 atom stereocenters. The summed E-state index contributed by atoms with van der Waals surface area (Å²) in [6.07, 6.45) is -1.33. The van der Waals surface area contributed by atoms with Crippen molar-refractivity contribution >= 4 is 6.09 Å². The van der Waals surface area contributed by atoms with Gasteiger partial charge >= 0.3 is 6.09 Å². The van der Waals surface area contributed by atoms with Gasteiger partial charge in [0.2, 0.25) is 0 Å². The van der Waals surface area contributed by atoms with E-state index in [2.05, 4.69) is 23.0 Å². The van der Waals surface area contributed by atoms with Crippen LogP contribution in [-0.4, -0.2) is 49.3 Å². The minimum atomic E-state index is -1.33. The van der Waals surface area contributed by atoms with Gasteiger partial charge in [0.05, 0.1) is 0 Å². The third-order valence-electron chi connectivity index (χ3n) is 1.34. The third kappa shape index (κ3) is 9.19. The summed E-state index contributed by atoms with van der Waals surface area (Å²) in [6, 6.07) is 0. The summed E-state index contributed by atoms with van der Waals surface area (Å²) >= 11 is 0. The minimum Gasteiger partial charge on any atom is -0.465 e. The summed E-state index contributed by atoms with van der Waals surface area (Å²) in [6.45, 7) is 4.74. The lowest BCUT2D eigenvalue weighted by molar-refractivity contribution is 0.205. The fraction of sp³-hybridized carbons (Fsp3) is 0.833. The molecule has 1 aliphatic heterocycles. The van der Waals surface area contributed by atoms with Crippen LogP contribution < -0.4 is 11.1 Å². The smallest absolute Gasteiger partial charge is 0.402 e. The van der Waals surface area contributed by atoms with Crippen LogP contribution in [0.2, 0.25) is 0 Å². The standard InChI is InChI=1S/C5H12N2.CH3NO2/c1-7-4-2-6-3-5-7;2-1(3)4/h6H,2-5H2,1H3;2H2,(H,3,4). The van der Waals surface area contributed by atoms with Crippen LogP contribution in [0, 0.1) is 0 Å². The van der Waals surface area contributed by atoms with Crippen LogP contribution in [0.25, 0.3) is 0 Å². The molecule has 0 unspecified atom stereocenters. The lowest BCUT2D eigenvalue weighted by Crippen LogP contribution is -2.40. The van der Waals surface area contributed by atoms with Gasteiger partial charge in [-0.25, -0.2) is 4.79 Å². The molecule has 0 aromatic heterocycles. The number of nitrogens with zero attached hydrogens (tertiary/aromatic N) is 1. The maximum absolute atomic E-state index is 8.78. The monoisotopic (exact) mass is 161 g/mol. The molecular formula is C6H15N3O2. The van der Waals surface area contributed by atoms with E-state index in [9.17, 15) is 0 Å². The van der Waals surface area contributed by atoms with Crippen LogP contribution in [0.5, 0.6) is 0 Å². The number of carboxylic acid groups (broad SMARTS) is 1. The van der Waals surface area contributed by atoms with Gasteiger partial charge in [0.15, 0.2) is 0 Å². The number of hydrogen-bond acceptors (Lipinski definition) is 3. The van der Waals surface area contributed by atoms with Gasteiger partial charge in [0.25, 0.3) is 0 Å². The lowest BCUT2D eigenvalue weighted by atomic mass is 10.4. The molecule has 0 radical (unpaired) electrons. The topological polar surface area (TPSA) is 78.6 Å². The fourth-order valence-corrected chi connectivity index (χ4v) is 0.777. The number of rotatable bonds is 0. The van der Waals surface area contributed by atoms with Crippen molar-refractivity contribution in [2.75, 3.05) is 33.2 Å². The quantitative estimate of drug-likeness (QED) is 0.432. The first kappa shape index (κ1) is 10.2. The average Bonchev–Trinajstić information content (AvgIpc) is 1.87. The van der Waals surface area contributed by atoms with Crippen LogP contribution in [0.4, 0.5) is 4.79 Å². The molecule has 0 aromatic carbocycles. The predicted molar refractivity (Wildman–Crippen MR) is 42.6 cm³/mol. The fourth-order valence-electron chi connectivity index (χ4n) is 0.777. The summed E-state index contributed by atoms with van der Waals surface area (Å²) in [5.74, 6) is 0. The molecule has 0 bridgehead atoms. The Morgan fingerprint density at radius 3 is 2.09 bits per heavy atom. The van der Waals surface area contributed by atoms with E-state index in [4.69, 9.17) is 9.90 Å². The van der Waals surface area contributed by atoms with Crippen molar-refractivity contribution in [2.24, 2.45) is 5.73 Å². The van der Waals surface area contributed by atoms with Crippen molar-refractivity contribution in [1.82, 2.24) is 10.2 Å². The zero-order chi connectivity index (χ0) is 8.69. The Labute approximate surface area is 66.2 Å².